The van der Waals surface area contributed by atoms with Crippen molar-refractivity contribution >= 4 is 29.0 Å². The first-order valence-corrected chi connectivity index (χ1v) is 8.21. The van der Waals surface area contributed by atoms with Gasteiger partial charge >= 0.3 is 12.0 Å². The molecule has 23 heavy (non-hydrogen) atoms. The van der Waals surface area contributed by atoms with E-state index < -0.39 is 0 Å². The highest BCUT2D eigenvalue weighted by atomic mass is 32.1. The molecule has 2 aromatic rings. The van der Waals surface area contributed by atoms with Crippen LogP contribution in [-0.4, -0.2) is 23.5 Å². The van der Waals surface area contributed by atoms with E-state index in [2.05, 4.69) is 15.6 Å². The molecule has 2 N–H and O–H groups in total. The maximum absolute atomic E-state index is 11.9. The molecule has 0 spiro atoms. The van der Waals surface area contributed by atoms with Crippen LogP contribution in [0.25, 0.3) is 0 Å². The van der Waals surface area contributed by atoms with Crippen molar-refractivity contribution in [3.05, 3.63) is 40.3 Å². The lowest BCUT2D eigenvalue weighted by molar-refractivity contribution is -0.133. The van der Waals surface area contributed by atoms with Gasteiger partial charge in [-0.05, 0) is 25.5 Å². The van der Waals surface area contributed by atoms with Crippen molar-refractivity contribution in [3.63, 3.8) is 0 Å². The molecule has 1 heterocycles. The van der Waals surface area contributed by atoms with Crippen molar-refractivity contribution in [2.24, 2.45) is 0 Å². The summed E-state index contributed by atoms with van der Waals surface area (Å²) >= 11 is 1.50. The van der Waals surface area contributed by atoms with Gasteiger partial charge in [-0.15, -0.1) is 11.3 Å². The quantitative estimate of drug-likeness (QED) is 0.629. The maximum atomic E-state index is 11.9. The van der Waals surface area contributed by atoms with Crippen molar-refractivity contribution in [2.45, 2.75) is 26.7 Å². The third-order valence-electron chi connectivity index (χ3n) is 2.85. The summed E-state index contributed by atoms with van der Waals surface area (Å²) in [5.41, 5.74) is 1.26. The molecule has 0 fully saturated rings. The molecule has 0 unspecified atom stereocenters. The number of benzene rings is 1. The van der Waals surface area contributed by atoms with Crippen LogP contribution in [0.5, 0.6) is 5.75 Å². The van der Waals surface area contributed by atoms with E-state index in [1.165, 1.54) is 11.3 Å². The molecule has 7 heteroatoms. The maximum Gasteiger partial charge on any atom is 0.319 e. The number of nitrogens with one attached hydrogen (secondary N) is 2. The third kappa shape index (κ3) is 5.71. The van der Waals surface area contributed by atoms with Gasteiger partial charge in [-0.3, -0.25) is 4.79 Å². The van der Waals surface area contributed by atoms with E-state index in [0.29, 0.717) is 23.7 Å². The summed E-state index contributed by atoms with van der Waals surface area (Å²) in [6.07, 6.45) is 0.986. The van der Waals surface area contributed by atoms with Gasteiger partial charge in [0.15, 0.2) is 0 Å². The Balaban J connectivity index is 1.91. The summed E-state index contributed by atoms with van der Waals surface area (Å²) in [5.74, 6) is -0.00173. The Morgan fingerprint density at radius 1 is 1.35 bits per heavy atom. The van der Waals surface area contributed by atoms with Crippen molar-refractivity contribution in [1.82, 2.24) is 10.3 Å². The van der Waals surface area contributed by atoms with Gasteiger partial charge in [0.25, 0.3) is 0 Å². The fourth-order valence-electron chi connectivity index (χ4n) is 1.86. The molecule has 2 amide bonds. The van der Waals surface area contributed by atoms with E-state index in [9.17, 15) is 9.59 Å². The van der Waals surface area contributed by atoms with Crippen LogP contribution in [0.4, 0.5) is 10.5 Å². The summed E-state index contributed by atoms with van der Waals surface area (Å²) in [4.78, 5) is 27.8. The number of hydrogen-bond donors (Lipinski definition) is 2. The first-order chi connectivity index (χ1) is 11.1. The van der Waals surface area contributed by atoms with Gasteiger partial charge in [0, 0.05) is 23.7 Å². The number of aryl methyl sites for hydroxylation is 1. The summed E-state index contributed by atoms with van der Waals surface area (Å²) in [7, 11) is 0. The van der Waals surface area contributed by atoms with E-state index in [0.717, 1.165) is 11.4 Å². The average Bonchev–Trinajstić information content (AvgIpc) is 2.90. The van der Waals surface area contributed by atoms with Gasteiger partial charge in [-0.25, -0.2) is 9.78 Å². The first kappa shape index (κ1) is 17.0. The largest absolute Gasteiger partial charge is 0.426 e. The standard InChI is InChI=1S/C16H19N3O3S/c1-3-7-17-16(21)19-12-5-4-6-14(8-12)22-15(20)9-13-10-23-11(2)18-13/h4-6,8,10H,3,7,9H2,1-2H3,(H2,17,19,21). The average molecular weight is 333 g/mol. The highest BCUT2D eigenvalue weighted by molar-refractivity contribution is 7.09. The van der Waals surface area contributed by atoms with Crippen LogP contribution >= 0.6 is 11.3 Å². The zero-order chi connectivity index (χ0) is 16.7. The summed E-state index contributed by atoms with van der Waals surface area (Å²) in [6.45, 7) is 4.47. The number of thiazole rings is 1. The molecule has 122 valence electrons. The number of urea groups is 1. The summed E-state index contributed by atoms with van der Waals surface area (Å²) in [5, 5.41) is 8.16. The minimum atomic E-state index is -0.386. The Bertz CT molecular complexity index is 685. The van der Waals surface area contributed by atoms with Gasteiger partial charge in [0.05, 0.1) is 17.1 Å². The topological polar surface area (TPSA) is 80.3 Å². The minimum Gasteiger partial charge on any atom is -0.426 e. The van der Waals surface area contributed by atoms with Crippen LogP contribution in [0, 0.1) is 6.92 Å². The molecule has 0 aliphatic rings. The first-order valence-electron chi connectivity index (χ1n) is 7.33. The molecule has 0 radical (unpaired) electrons. The smallest absolute Gasteiger partial charge is 0.319 e. The van der Waals surface area contributed by atoms with Gasteiger partial charge in [-0.2, -0.15) is 0 Å². The van der Waals surface area contributed by atoms with Crippen LogP contribution in [0.15, 0.2) is 29.6 Å². The van der Waals surface area contributed by atoms with E-state index in [-0.39, 0.29) is 18.4 Å². The fourth-order valence-corrected chi connectivity index (χ4v) is 2.47. The number of anilines is 1. The van der Waals surface area contributed by atoms with Crippen molar-refractivity contribution in [1.29, 1.82) is 0 Å². The second-order valence-corrected chi connectivity index (χ2v) is 5.98. The number of carbonyl (C=O) groups excluding carboxylic acids is 2. The molecule has 0 bridgehead atoms. The number of esters is 1. The number of rotatable bonds is 6. The number of amides is 2. The predicted octanol–water partition coefficient (Wildman–Crippen LogP) is 3.13. The van der Waals surface area contributed by atoms with Crippen LogP contribution in [-0.2, 0) is 11.2 Å². The molecule has 6 nitrogen and oxygen atoms in total. The van der Waals surface area contributed by atoms with Crippen LogP contribution < -0.4 is 15.4 Å². The minimum absolute atomic E-state index is 0.124. The molecule has 2 rings (SSSR count). The molecule has 1 aromatic carbocycles. The van der Waals surface area contributed by atoms with Gasteiger partial charge in [0.2, 0.25) is 0 Å². The Morgan fingerprint density at radius 2 is 2.17 bits per heavy atom. The Hall–Kier alpha value is -2.41. The monoisotopic (exact) mass is 333 g/mol. The lowest BCUT2D eigenvalue weighted by Crippen LogP contribution is -2.29. The van der Waals surface area contributed by atoms with E-state index in [4.69, 9.17) is 4.74 Å². The highest BCUT2D eigenvalue weighted by Crippen LogP contribution is 2.18. The number of carbonyl (C=O) groups is 2. The molecular weight excluding hydrogens is 314 g/mol. The predicted molar refractivity (Wildman–Crippen MR) is 89.9 cm³/mol. The van der Waals surface area contributed by atoms with Gasteiger partial charge in [0.1, 0.15) is 5.75 Å². The van der Waals surface area contributed by atoms with E-state index in [1.807, 2.05) is 19.2 Å². The molecule has 0 saturated carbocycles. The Morgan fingerprint density at radius 3 is 2.87 bits per heavy atom. The van der Waals surface area contributed by atoms with Crippen LogP contribution in [0.2, 0.25) is 0 Å². The van der Waals surface area contributed by atoms with Crippen LogP contribution in [0.1, 0.15) is 24.0 Å². The zero-order valence-electron chi connectivity index (χ0n) is 13.1. The number of aromatic nitrogens is 1. The lowest BCUT2D eigenvalue weighted by Gasteiger charge is -2.08. The molecular formula is C16H19N3O3S. The molecule has 0 atom stereocenters. The fraction of sp³-hybridized carbons (Fsp3) is 0.312. The van der Waals surface area contributed by atoms with Crippen molar-refractivity contribution in [2.75, 3.05) is 11.9 Å². The van der Waals surface area contributed by atoms with Crippen molar-refractivity contribution < 1.29 is 14.3 Å². The van der Waals surface area contributed by atoms with Crippen molar-refractivity contribution in [3.8, 4) is 5.75 Å². The van der Waals surface area contributed by atoms with Crippen LogP contribution in [0.3, 0.4) is 0 Å². The summed E-state index contributed by atoms with van der Waals surface area (Å²) in [6, 6.07) is 6.43. The molecule has 0 aliphatic heterocycles. The van der Waals surface area contributed by atoms with E-state index >= 15 is 0 Å². The van der Waals surface area contributed by atoms with Gasteiger partial charge < -0.3 is 15.4 Å². The molecule has 1 aromatic heterocycles. The number of hydrogen-bond acceptors (Lipinski definition) is 5. The summed E-state index contributed by atoms with van der Waals surface area (Å²) < 4.78 is 5.28. The molecule has 0 aliphatic carbocycles. The number of nitrogens with zero attached hydrogens (tertiary/aromatic N) is 1. The third-order valence-corrected chi connectivity index (χ3v) is 3.67. The van der Waals surface area contributed by atoms with Gasteiger partial charge in [-0.1, -0.05) is 13.0 Å². The lowest BCUT2D eigenvalue weighted by atomic mass is 10.3. The Labute approximate surface area is 138 Å². The normalized spacial score (nSPS) is 10.2. The zero-order valence-corrected chi connectivity index (χ0v) is 13.9. The second kappa shape index (κ2) is 8.28. The molecule has 0 saturated heterocycles. The SMILES string of the molecule is CCCNC(=O)Nc1cccc(OC(=O)Cc2csc(C)n2)c1. The van der Waals surface area contributed by atoms with E-state index in [1.54, 1.807) is 24.3 Å². The Kier molecular flexibility index (Phi) is 6.10. The number of ether oxygens (including phenoxy) is 1. The highest BCUT2D eigenvalue weighted by Gasteiger charge is 2.10. The second-order valence-electron chi connectivity index (χ2n) is 4.92.